The number of imide groups is 1. The fourth-order valence-electron chi connectivity index (χ4n) is 6.41. The number of allylic oxidation sites excluding steroid dienone is 4. The number of aliphatic imine (C=N–C) groups is 1. The second-order valence-electron chi connectivity index (χ2n) is 12.1. The molecule has 4 heterocycles. The third kappa shape index (κ3) is 5.65. The van der Waals surface area contributed by atoms with Gasteiger partial charge in [0.15, 0.2) is 17.3 Å². The van der Waals surface area contributed by atoms with Crippen molar-refractivity contribution in [2.75, 3.05) is 38.6 Å². The van der Waals surface area contributed by atoms with Crippen molar-refractivity contribution in [1.82, 2.24) is 9.80 Å². The number of likely N-dealkylation sites (tertiary alicyclic amines) is 1. The number of carbonyl (C=O) groups excluding carboxylic acids is 3. The van der Waals surface area contributed by atoms with E-state index in [1.54, 1.807) is 24.3 Å². The van der Waals surface area contributed by atoms with Gasteiger partial charge in [-0.1, -0.05) is 12.1 Å². The van der Waals surface area contributed by atoms with Crippen LogP contribution in [-0.4, -0.2) is 96.1 Å². The molecule has 5 aliphatic rings. The lowest BCUT2D eigenvalue weighted by Crippen LogP contribution is -2.46. The van der Waals surface area contributed by atoms with Crippen LogP contribution in [0, 0.1) is 0 Å². The number of ketones is 1. The highest BCUT2D eigenvalue weighted by molar-refractivity contribution is 6.29. The minimum absolute atomic E-state index is 0.139. The summed E-state index contributed by atoms with van der Waals surface area (Å²) < 4.78 is 55.5. The molecule has 0 spiro atoms. The first-order chi connectivity index (χ1) is 22.5. The van der Waals surface area contributed by atoms with E-state index in [-0.39, 0.29) is 54.7 Å². The molecule has 11 nitrogen and oxygen atoms in total. The number of aliphatic hydroxyl groups excluding tert-OH is 1. The van der Waals surface area contributed by atoms with Gasteiger partial charge in [0.05, 0.1) is 29.0 Å². The fraction of sp³-hybridized carbons (Fsp3) is 0.394. The molecule has 2 aromatic rings. The molecule has 1 fully saturated rings. The Hall–Kier alpha value is -4.69. The normalized spacial score (nSPS) is 25.2. The minimum atomic E-state index is -4.22. The number of carbonyl (C=O) groups is 3. The van der Waals surface area contributed by atoms with Gasteiger partial charge in [-0.15, -0.1) is 0 Å². The predicted molar refractivity (Wildman–Crippen MR) is 162 cm³/mol. The average Bonchev–Trinajstić information content (AvgIpc) is 3.56. The van der Waals surface area contributed by atoms with E-state index in [0.29, 0.717) is 40.2 Å². The molecule has 0 saturated carbocycles. The molecule has 1 saturated heterocycles. The molecule has 1 unspecified atom stereocenters. The van der Waals surface area contributed by atoms with Gasteiger partial charge < -0.3 is 29.5 Å². The number of benzene rings is 2. The third-order valence-corrected chi connectivity index (χ3v) is 8.84. The molecule has 0 radical (unpaired) electrons. The average molecular weight is 653 g/mol. The second-order valence-corrected chi connectivity index (χ2v) is 12.1. The molecule has 47 heavy (non-hydrogen) atoms. The van der Waals surface area contributed by atoms with Gasteiger partial charge in [0.25, 0.3) is 11.8 Å². The summed E-state index contributed by atoms with van der Waals surface area (Å²) in [7, 11) is 2.02. The highest BCUT2D eigenvalue weighted by Crippen LogP contribution is 2.46. The van der Waals surface area contributed by atoms with Crippen LogP contribution >= 0.6 is 0 Å². The van der Waals surface area contributed by atoms with E-state index < -0.39 is 24.3 Å². The van der Waals surface area contributed by atoms with Gasteiger partial charge in [0.1, 0.15) is 12.7 Å². The quantitative estimate of drug-likeness (QED) is 0.355. The van der Waals surface area contributed by atoms with Crippen LogP contribution in [0.1, 0.15) is 45.5 Å². The molecule has 246 valence electrons. The van der Waals surface area contributed by atoms with Gasteiger partial charge in [-0.25, -0.2) is 0 Å². The van der Waals surface area contributed by atoms with E-state index in [9.17, 15) is 32.7 Å². The lowest BCUT2D eigenvalue weighted by molar-refractivity contribution is -0.282. The molecule has 0 aromatic heterocycles. The van der Waals surface area contributed by atoms with Crippen molar-refractivity contribution < 1.29 is 46.9 Å². The van der Waals surface area contributed by atoms with Crippen molar-refractivity contribution in [2.45, 2.75) is 50.3 Å². The number of Topliss-reactive ketones (excluding diaryl/α,β-unsaturated/α-hetero) is 1. The standard InChI is InChI=1S/C33H31F3N4O7/c1-39-10-8-18(9-11-39)40-30(43)20-12-17-13-24(38-23(17)14-21(20)31(40)44)28-22(4-2-5-25(28)42)37-15-19(41)16-45-26-6-3-7-27-29(26)47-33(35,36)32(34)46-27/h2-4,6-7,12,14,18-19,32,38,41H,5,8-11,13,15-16H2,1H3/t19-,32?/m1/s1. The molecule has 2 aromatic carbocycles. The Bertz CT molecular complexity index is 1720. The molecule has 7 rings (SSSR count). The van der Waals surface area contributed by atoms with Crippen molar-refractivity contribution in [1.29, 1.82) is 0 Å². The molecule has 2 amide bonds. The third-order valence-electron chi connectivity index (χ3n) is 8.84. The van der Waals surface area contributed by atoms with Gasteiger partial charge in [0.2, 0.25) is 5.75 Å². The summed E-state index contributed by atoms with van der Waals surface area (Å²) in [6, 6.07) is 7.22. The van der Waals surface area contributed by atoms with Crippen molar-refractivity contribution in [3.8, 4) is 17.2 Å². The van der Waals surface area contributed by atoms with Crippen LogP contribution in [-0.2, 0) is 11.2 Å². The number of para-hydroxylation sites is 1. The number of piperidine rings is 1. The van der Waals surface area contributed by atoms with Gasteiger partial charge in [-0.3, -0.25) is 24.3 Å². The molecule has 4 aliphatic heterocycles. The first kappa shape index (κ1) is 30.9. The van der Waals surface area contributed by atoms with Crippen LogP contribution < -0.4 is 19.5 Å². The van der Waals surface area contributed by atoms with E-state index in [4.69, 9.17) is 4.74 Å². The molecular weight excluding hydrogens is 621 g/mol. The number of alkyl halides is 3. The summed E-state index contributed by atoms with van der Waals surface area (Å²) in [6.07, 6.45) is -3.17. The zero-order valence-corrected chi connectivity index (χ0v) is 25.3. The maximum atomic E-state index is 13.7. The van der Waals surface area contributed by atoms with E-state index in [2.05, 4.69) is 24.7 Å². The summed E-state index contributed by atoms with van der Waals surface area (Å²) in [6.45, 7) is 1.05. The number of halogens is 3. The number of fused-ring (bicyclic) bond motifs is 3. The Morgan fingerprint density at radius 3 is 2.66 bits per heavy atom. The topological polar surface area (TPSA) is 130 Å². The maximum absolute atomic E-state index is 13.7. The smallest absolute Gasteiger partial charge is 0.468 e. The summed E-state index contributed by atoms with van der Waals surface area (Å²) in [4.78, 5) is 47.8. The fourth-order valence-corrected chi connectivity index (χ4v) is 6.41. The molecule has 14 heteroatoms. The zero-order chi connectivity index (χ0) is 33.0. The van der Waals surface area contributed by atoms with Crippen molar-refractivity contribution in [2.24, 2.45) is 4.99 Å². The SMILES string of the molecule is CN1CCC(N2C(=O)c3cc4c(cc3C2=O)NC(=C2C(=O)CC=CC2=NC[C@@H](O)COc2cccc3c2OC(F)(F)C(F)O3)C4)CC1. The molecular formula is C33H31F3N4O7. The van der Waals surface area contributed by atoms with Crippen LogP contribution in [0.5, 0.6) is 17.2 Å². The van der Waals surface area contributed by atoms with Gasteiger partial charge in [-0.2, -0.15) is 13.2 Å². The van der Waals surface area contributed by atoms with E-state index >= 15 is 0 Å². The van der Waals surface area contributed by atoms with Crippen molar-refractivity contribution in [3.05, 3.63) is 70.4 Å². The van der Waals surface area contributed by atoms with Gasteiger partial charge >= 0.3 is 12.5 Å². The Labute approximate surface area is 267 Å². The number of ether oxygens (including phenoxy) is 3. The number of hydrogen-bond acceptors (Lipinski definition) is 10. The summed E-state index contributed by atoms with van der Waals surface area (Å²) >= 11 is 0. The molecule has 1 aliphatic carbocycles. The van der Waals surface area contributed by atoms with Crippen LogP contribution in [0.2, 0.25) is 0 Å². The first-order valence-electron chi connectivity index (χ1n) is 15.3. The molecule has 0 bridgehead atoms. The largest absolute Gasteiger partial charge is 0.487 e. The Balaban J connectivity index is 1.05. The minimum Gasteiger partial charge on any atom is -0.487 e. The Kier molecular flexibility index (Phi) is 7.79. The van der Waals surface area contributed by atoms with Crippen molar-refractivity contribution in [3.63, 3.8) is 0 Å². The molecule has 2 N–H and O–H groups in total. The number of nitrogens with one attached hydrogen (secondary N) is 1. The zero-order valence-electron chi connectivity index (χ0n) is 25.3. The lowest BCUT2D eigenvalue weighted by atomic mass is 9.94. The second kappa shape index (κ2) is 11.8. The molecule has 2 atom stereocenters. The number of anilines is 1. The van der Waals surface area contributed by atoms with Crippen LogP contribution in [0.15, 0.2) is 58.7 Å². The van der Waals surface area contributed by atoms with E-state index in [1.165, 1.54) is 23.1 Å². The van der Waals surface area contributed by atoms with E-state index in [1.807, 2.05) is 7.05 Å². The Morgan fingerprint density at radius 2 is 1.89 bits per heavy atom. The number of aliphatic hydroxyl groups is 1. The number of nitrogens with zero attached hydrogens (tertiary/aromatic N) is 3. The Morgan fingerprint density at radius 1 is 1.15 bits per heavy atom. The van der Waals surface area contributed by atoms with E-state index in [0.717, 1.165) is 31.5 Å². The summed E-state index contributed by atoms with van der Waals surface area (Å²) in [5.74, 6) is -1.74. The van der Waals surface area contributed by atoms with Crippen molar-refractivity contribution >= 4 is 29.0 Å². The van der Waals surface area contributed by atoms with Crippen LogP contribution in [0.3, 0.4) is 0 Å². The lowest BCUT2D eigenvalue weighted by Gasteiger charge is -2.33. The maximum Gasteiger partial charge on any atom is 0.468 e. The van der Waals surface area contributed by atoms with Crippen LogP contribution in [0.4, 0.5) is 18.9 Å². The number of hydrogen-bond donors (Lipinski definition) is 2. The predicted octanol–water partition coefficient (Wildman–Crippen LogP) is 3.67. The van der Waals surface area contributed by atoms with Gasteiger partial charge in [-0.05, 0) is 68.9 Å². The van der Waals surface area contributed by atoms with Gasteiger partial charge in [0, 0.05) is 30.3 Å². The van der Waals surface area contributed by atoms with Crippen LogP contribution in [0.25, 0.3) is 0 Å². The summed E-state index contributed by atoms with van der Waals surface area (Å²) in [5.41, 5.74) is 3.32. The highest BCUT2D eigenvalue weighted by atomic mass is 19.3. The highest BCUT2D eigenvalue weighted by Gasteiger charge is 2.50. The first-order valence-corrected chi connectivity index (χ1v) is 15.3. The number of amides is 2. The monoisotopic (exact) mass is 652 g/mol. The number of rotatable bonds is 6. The summed E-state index contributed by atoms with van der Waals surface area (Å²) in [5, 5.41) is 13.9.